The van der Waals surface area contributed by atoms with E-state index in [4.69, 9.17) is 10.9 Å². The molecule has 1 aromatic heterocycles. The lowest BCUT2D eigenvalue weighted by molar-refractivity contribution is 0.458. The van der Waals surface area contributed by atoms with Crippen molar-refractivity contribution in [2.75, 3.05) is 0 Å². The maximum absolute atomic E-state index is 5.73. The summed E-state index contributed by atoms with van der Waals surface area (Å²) in [5.74, 6) is 5.73. The van der Waals surface area contributed by atoms with Gasteiger partial charge < -0.3 is 0 Å². The zero-order valence-electron chi connectivity index (χ0n) is 13.3. The van der Waals surface area contributed by atoms with Crippen LogP contribution in [0, 0.1) is 0 Å². The molecule has 0 aliphatic rings. The second kappa shape index (κ2) is 8.15. The minimum Gasteiger partial charge on any atom is -0.271 e. The van der Waals surface area contributed by atoms with Crippen LogP contribution in [-0.2, 0) is 13.0 Å². The van der Waals surface area contributed by atoms with E-state index in [-0.39, 0.29) is 0 Å². The summed E-state index contributed by atoms with van der Waals surface area (Å²) in [5, 5.41) is 6.02. The average Bonchev–Trinajstić information content (AvgIpc) is 2.88. The Morgan fingerprint density at radius 2 is 2.00 bits per heavy atom. The van der Waals surface area contributed by atoms with Gasteiger partial charge in [0, 0.05) is 24.4 Å². The van der Waals surface area contributed by atoms with Crippen LogP contribution in [0.15, 0.2) is 24.3 Å². The van der Waals surface area contributed by atoms with Crippen molar-refractivity contribution in [1.82, 2.24) is 15.2 Å². The van der Waals surface area contributed by atoms with Crippen molar-refractivity contribution in [3.05, 3.63) is 30.0 Å². The molecule has 2 aromatic rings. The number of benzene rings is 1. The molecule has 2 rings (SSSR count). The fraction of sp³-hybridized carbons (Fsp3) is 0.588. The molecule has 116 valence electrons. The highest BCUT2D eigenvalue weighted by Crippen LogP contribution is 2.20. The molecular weight excluding hydrogens is 260 g/mol. The first-order valence-corrected chi connectivity index (χ1v) is 8.20. The van der Waals surface area contributed by atoms with Gasteiger partial charge in [-0.1, -0.05) is 50.8 Å². The summed E-state index contributed by atoms with van der Waals surface area (Å²) in [6.07, 6.45) is 7.12. The maximum Gasteiger partial charge on any atom is 0.0719 e. The van der Waals surface area contributed by atoms with Gasteiger partial charge in [0.15, 0.2) is 0 Å². The number of hydrazine groups is 1. The van der Waals surface area contributed by atoms with Crippen LogP contribution in [0.25, 0.3) is 10.9 Å². The molecule has 1 heterocycles. The van der Waals surface area contributed by atoms with E-state index in [1.54, 1.807) is 0 Å². The minimum absolute atomic E-state index is 0.311. The maximum atomic E-state index is 5.73. The summed E-state index contributed by atoms with van der Waals surface area (Å²) in [6.45, 7) is 5.27. The lowest BCUT2D eigenvalue weighted by Crippen LogP contribution is -2.36. The van der Waals surface area contributed by atoms with Gasteiger partial charge in [0.2, 0.25) is 0 Å². The lowest BCUT2D eigenvalue weighted by Gasteiger charge is -2.14. The number of rotatable bonds is 9. The van der Waals surface area contributed by atoms with Gasteiger partial charge in [-0.05, 0) is 19.4 Å². The van der Waals surface area contributed by atoms with Crippen LogP contribution in [0.3, 0.4) is 0 Å². The molecule has 0 aliphatic heterocycles. The van der Waals surface area contributed by atoms with Gasteiger partial charge in [-0.25, -0.2) is 0 Å². The lowest BCUT2D eigenvalue weighted by atomic mass is 10.0. The molecule has 4 heteroatoms. The predicted octanol–water partition coefficient (Wildman–Crippen LogP) is 3.40. The smallest absolute Gasteiger partial charge is 0.0719 e. The van der Waals surface area contributed by atoms with Crippen LogP contribution in [-0.4, -0.2) is 15.8 Å². The monoisotopic (exact) mass is 288 g/mol. The third-order valence-electron chi connectivity index (χ3n) is 4.12. The number of fused-ring (bicyclic) bond motifs is 1. The van der Waals surface area contributed by atoms with Crippen LogP contribution in [0.1, 0.15) is 51.6 Å². The van der Waals surface area contributed by atoms with E-state index < -0.39 is 0 Å². The van der Waals surface area contributed by atoms with Gasteiger partial charge in [0.25, 0.3) is 0 Å². The van der Waals surface area contributed by atoms with Crippen molar-refractivity contribution in [3.8, 4) is 0 Å². The Kier molecular flexibility index (Phi) is 6.21. The number of hydrogen-bond acceptors (Lipinski definition) is 3. The second-order valence-corrected chi connectivity index (χ2v) is 5.70. The number of hydrogen-bond donors (Lipinski definition) is 2. The predicted molar refractivity (Wildman–Crippen MR) is 89.0 cm³/mol. The van der Waals surface area contributed by atoms with Crippen LogP contribution >= 0.6 is 0 Å². The van der Waals surface area contributed by atoms with E-state index in [1.165, 1.54) is 36.6 Å². The first-order valence-electron chi connectivity index (χ1n) is 8.20. The molecular formula is C17H28N4. The Bertz CT molecular complexity index is 547. The SMILES string of the molecule is CCCCCCC(Cc1nn(CC)c2ccccc12)NN. The van der Waals surface area contributed by atoms with Gasteiger partial charge in [-0.2, -0.15) is 5.10 Å². The first kappa shape index (κ1) is 16.0. The Labute approximate surface area is 127 Å². The number of para-hydroxylation sites is 1. The number of aromatic nitrogens is 2. The third-order valence-corrected chi connectivity index (χ3v) is 4.12. The van der Waals surface area contributed by atoms with E-state index in [0.717, 1.165) is 25.1 Å². The van der Waals surface area contributed by atoms with Crippen molar-refractivity contribution >= 4 is 10.9 Å². The van der Waals surface area contributed by atoms with E-state index in [9.17, 15) is 0 Å². The highest BCUT2D eigenvalue weighted by molar-refractivity contribution is 5.82. The average molecular weight is 288 g/mol. The number of aryl methyl sites for hydroxylation is 1. The molecule has 21 heavy (non-hydrogen) atoms. The summed E-state index contributed by atoms with van der Waals surface area (Å²) in [4.78, 5) is 0. The Balaban J connectivity index is 2.07. The van der Waals surface area contributed by atoms with Gasteiger partial charge in [0.05, 0.1) is 11.2 Å². The summed E-state index contributed by atoms with van der Waals surface area (Å²) in [7, 11) is 0. The van der Waals surface area contributed by atoms with Crippen LogP contribution in [0.4, 0.5) is 0 Å². The molecule has 0 saturated heterocycles. The van der Waals surface area contributed by atoms with Crippen molar-refractivity contribution < 1.29 is 0 Å². The number of unbranched alkanes of at least 4 members (excludes halogenated alkanes) is 3. The van der Waals surface area contributed by atoms with Crippen LogP contribution < -0.4 is 11.3 Å². The minimum atomic E-state index is 0.311. The van der Waals surface area contributed by atoms with Crippen LogP contribution in [0.2, 0.25) is 0 Å². The first-order chi connectivity index (χ1) is 10.3. The molecule has 1 atom stereocenters. The molecule has 3 N–H and O–H groups in total. The summed E-state index contributed by atoms with van der Waals surface area (Å²) in [5.41, 5.74) is 5.35. The van der Waals surface area contributed by atoms with E-state index in [2.05, 4.69) is 48.2 Å². The molecule has 0 radical (unpaired) electrons. The normalized spacial score (nSPS) is 12.9. The van der Waals surface area contributed by atoms with Gasteiger partial charge in [-0.15, -0.1) is 0 Å². The topological polar surface area (TPSA) is 55.9 Å². The summed E-state index contributed by atoms with van der Waals surface area (Å²) in [6, 6.07) is 8.77. The second-order valence-electron chi connectivity index (χ2n) is 5.70. The molecule has 1 aromatic carbocycles. The molecule has 1 unspecified atom stereocenters. The molecule has 0 fully saturated rings. The zero-order chi connectivity index (χ0) is 15.1. The van der Waals surface area contributed by atoms with Gasteiger partial charge >= 0.3 is 0 Å². The molecule has 0 bridgehead atoms. The summed E-state index contributed by atoms with van der Waals surface area (Å²) < 4.78 is 2.08. The quantitative estimate of drug-likeness (QED) is 0.422. The van der Waals surface area contributed by atoms with E-state index >= 15 is 0 Å². The Morgan fingerprint density at radius 3 is 2.71 bits per heavy atom. The van der Waals surface area contributed by atoms with E-state index in [0.29, 0.717) is 6.04 Å². The van der Waals surface area contributed by atoms with Crippen molar-refractivity contribution in [2.45, 2.75) is 65.0 Å². The molecule has 0 amide bonds. The van der Waals surface area contributed by atoms with Gasteiger partial charge in [0.1, 0.15) is 0 Å². The Hall–Kier alpha value is -1.39. The summed E-state index contributed by atoms with van der Waals surface area (Å²) >= 11 is 0. The molecule has 0 spiro atoms. The fourth-order valence-electron chi connectivity index (χ4n) is 2.88. The van der Waals surface area contributed by atoms with Crippen molar-refractivity contribution in [3.63, 3.8) is 0 Å². The zero-order valence-corrected chi connectivity index (χ0v) is 13.3. The van der Waals surface area contributed by atoms with Crippen LogP contribution in [0.5, 0.6) is 0 Å². The fourth-order valence-corrected chi connectivity index (χ4v) is 2.88. The third kappa shape index (κ3) is 4.05. The molecule has 4 nitrogen and oxygen atoms in total. The number of nitrogens with zero attached hydrogens (tertiary/aromatic N) is 2. The van der Waals surface area contributed by atoms with Crippen molar-refractivity contribution in [2.24, 2.45) is 5.84 Å². The Morgan fingerprint density at radius 1 is 1.19 bits per heavy atom. The van der Waals surface area contributed by atoms with Crippen molar-refractivity contribution in [1.29, 1.82) is 0 Å². The largest absolute Gasteiger partial charge is 0.271 e. The van der Waals surface area contributed by atoms with E-state index in [1.807, 2.05) is 0 Å². The number of nitrogens with two attached hydrogens (primary N) is 1. The molecule has 0 aliphatic carbocycles. The number of nitrogens with one attached hydrogen (secondary N) is 1. The highest BCUT2D eigenvalue weighted by atomic mass is 15.3. The highest BCUT2D eigenvalue weighted by Gasteiger charge is 2.14. The molecule has 0 saturated carbocycles. The standard InChI is InChI=1S/C17H28N4/c1-3-5-6-7-10-14(19-18)13-16-15-11-8-9-12-17(15)21(4-2)20-16/h8-9,11-12,14,19H,3-7,10,13,18H2,1-2H3. The van der Waals surface area contributed by atoms with Gasteiger partial charge in [-0.3, -0.25) is 16.0 Å².